The van der Waals surface area contributed by atoms with Gasteiger partial charge in [-0.15, -0.1) is 0 Å². The van der Waals surface area contributed by atoms with Crippen LogP contribution in [0, 0.1) is 34.5 Å². The van der Waals surface area contributed by atoms with Gasteiger partial charge in [0, 0.05) is 12.3 Å². The maximum atomic E-state index is 11.1. The smallest absolute Gasteiger partial charge is 0.305 e. The molecule has 5 heteroatoms. The highest BCUT2D eigenvalue weighted by Gasteiger charge is 2.42. The lowest BCUT2D eigenvalue weighted by atomic mass is 9.63. The number of aliphatic hydroxyl groups excluding tert-OH is 2. The highest BCUT2D eigenvalue weighted by atomic mass is 16.5. The molecule has 2 saturated carbocycles. The Hall–Kier alpha value is -1.64. The molecule has 3 unspecified atom stereocenters. The van der Waals surface area contributed by atoms with Crippen molar-refractivity contribution in [1.82, 2.24) is 0 Å². The van der Waals surface area contributed by atoms with Crippen molar-refractivity contribution in [2.45, 2.75) is 83.3 Å². The van der Waals surface area contributed by atoms with Crippen molar-refractivity contribution < 1.29 is 19.7 Å². The zero-order valence-corrected chi connectivity index (χ0v) is 17.9. The Labute approximate surface area is 175 Å². The fourth-order valence-corrected chi connectivity index (χ4v) is 4.89. The zero-order chi connectivity index (χ0) is 21.3. The Morgan fingerprint density at radius 1 is 1.34 bits per heavy atom. The Kier molecular flexibility index (Phi) is 9.39. The van der Waals surface area contributed by atoms with Gasteiger partial charge in [-0.1, -0.05) is 37.6 Å². The number of allylic oxidation sites excluding steroid dienone is 2. The van der Waals surface area contributed by atoms with Gasteiger partial charge in [0.1, 0.15) is 0 Å². The van der Waals surface area contributed by atoms with Crippen LogP contribution < -0.4 is 0 Å². The molecule has 0 heterocycles. The van der Waals surface area contributed by atoms with E-state index in [4.69, 9.17) is 0 Å². The van der Waals surface area contributed by atoms with Crippen LogP contribution in [0.5, 0.6) is 0 Å². The third-order valence-electron chi connectivity index (χ3n) is 7.15. The van der Waals surface area contributed by atoms with Crippen LogP contribution in [0.4, 0.5) is 0 Å². The Morgan fingerprint density at radius 3 is 2.69 bits per heavy atom. The molecule has 2 rings (SSSR count). The monoisotopic (exact) mass is 403 g/mol. The SMILES string of the molecule is CCC1(C(O)C/C=C/C2[C@@H](C/C=C\CCCC(=O)OC)C(C#N)C[C@H]2O)CCC1. The van der Waals surface area contributed by atoms with Gasteiger partial charge in [-0.25, -0.2) is 0 Å². The van der Waals surface area contributed by atoms with Crippen molar-refractivity contribution in [3.63, 3.8) is 0 Å². The predicted molar refractivity (Wildman–Crippen MR) is 113 cm³/mol. The third-order valence-corrected chi connectivity index (χ3v) is 7.15. The minimum Gasteiger partial charge on any atom is -0.469 e. The van der Waals surface area contributed by atoms with E-state index in [0.29, 0.717) is 19.3 Å². The molecule has 0 aromatic rings. The fraction of sp³-hybridized carbons (Fsp3) is 0.750. The summed E-state index contributed by atoms with van der Waals surface area (Å²) in [4.78, 5) is 11.1. The van der Waals surface area contributed by atoms with Crippen molar-refractivity contribution in [3.8, 4) is 6.07 Å². The molecule has 2 N–H and O–H groups in total. The van der Waals surface area contributed by atoms with Gasteiger partial charge < -0.3 is 14.9 Å². The average molecular weight is 404 g/mol. The first-order valence-corrected chi connectivity index (χ1v) is 11.1. The molecule has 2 fully saturated rings. The van der Waals surface area contributed by atoms with Gasteiger partial charge >= 0.3 is 5.97 Å². The first-order chi connectivity index (χ1) is 14.0. The van der Waals surface area contributed by atoms with Crippen LogP contribution in [0.25, 0.3) is 0 Å². The normalized spacial score (nSPS) is 29.6. The molecule has 5 atom stereocenters. The molecule has 0 saturated heterocycles. The summed E-state index contributed by atoms with van der Waals surface area (Å²) < 4.78 is 4.63. The van der Waals surface area contributed by atoms with Gasteiger partial charge in [0.15, 0.2) is 0 Å². The number of aliphatic hydroxyl groups is 2. The first kappa shape index (κ1) is 23.6. The second-order valence-corrected chi connectivity index (χ2v) is 8.70. The van der Waals surface area contributed by atoms with Crippen LogP contribution in [-0.4, -0.2) is 35.5 Å². The molecule has 0 aromatic heterocycles. The van der Waals surface area contributed by atoms with Crippen molar-refractivity contribution in [1.29, 1.82) is 5.26 Å². The third kappa shape index (κ3) is 6.17. The molecular formula is C24H37NO4. The second-order valence-electron chi connectivity index (χ2n) is 8.70. The fourth-order valence-electron chi connectivity index (χ4n) is 4.89. The number of hydrogen-bond acceptors (Lipinski definition) is 5. The Morgan fingerprint density at radius 2 is 2.10 bits per heavy atom. The predicted octanol–water partition coefficient (Wildman–Crippen LogP) is 4.30. The van der Waals surface area contributed by atoms with Gasteiger partial charge in [0.05, 0.1) is 31.3 Å². The number of carbonyl (C=O) groups is 1. The van der Waals surface area contributed by atoms with Crippen LogP contribution in [0.2, 0.25) is 0 Å². The lowest BCUT2D eigenvalue weighted by Gasteiger charge is -2.45. The molecule has 2 aliphatic carbocycles. The van der Waals surface area contributed by atoms with E-state index < -0.39 is 6.10 Å². The molecule has 5 nitrogen and oxygen atoms in total. The minimum atomic E-state index is -0.505. The Balaban J connectivity index is 1.87. The van der Waals surface area contributed by atoms with E-state index in [1.165, 1.54) is 13.5 Å². The molecule has 29 heavy (non-hydrogen) atoms. The summed E-state index contributed by atoms with van der Waals surface area (Å²) in [6, 6.07) is 2.36. The molecule has 162 valence electrons. The number of esters is 1. The topological polar surface area (TPSA) is 90.5 Å². The van der Waals surface area contributed by atoms with E-state index in [0.717, 1.165) is 38.5 Å². The summed E-state index contributed by atoms with van der Waals surface area (Å²) in [6.45, 7) is 2.15. The zero-order valence-electron chi connectivity index (χ0n) is 17.9. The van der Waals surface area contributed by atoms with Crippen LogP contribution in [0.3, 0.4) is 0 Å². The summed E-state index contributed by atoms with van der Waals surface area (Å²) in [6.07, 6.45) is 15.6. The molecular weight excluding hydrogens is 366 g/mol. The van der Waals surface area contributed by atoms with E-state index in [1.807, 2.05) is 18.2 Å². The van der Waals surface area contributed by atoms with Crippen molar-refractivity contribution in [2.24, 2.45) is 23.2 Å². The summed E-state index contributed by atoms with van der Waals surface area (Å²) >= 11 is 0. The van der Waals surface area contributed by atoms with Crippen molar-refractivity contribution >= 4 is 5.97 Å². The molecule has 0 amide bonds. The molecule has 0 radical (unpaired) electrons. The number of hydrogen-bond donors (Lipinski definition) is 2. The molecule has 0 aliphatic heterocycles. The maximum Gasteiger partial charge on any atom is 0.305 e. The maximum absolute atomic E-state index is 11.1. The van der Waals surface area contributed by atoms with Crippen molar-refractivity contribution in [2.75, 3.05) is 7.11 Å². The first-order valence-electron chi connectivity index (χ1n) is 11.1. The van der Waals surface area contributed by atoms with E-state index >= 15 is 0 Å². The van der Waals surface area contributed by atoms with Gasteiger partial charge in [-0.3, -0.25) is 4.79 Å². The number of carbonyl (C=O) groups excluding carboxylic acids is 1. The summed E-state index contributed by atoms with van der Waals surface area (Å²) in [7, 11) is 1.40. The van der Waals surface area contributed by atoms with Gasteiger partial charge in [0.25, 0.3) is 0 Å². The van der Waals surface area contributed by atoms with Crippen molar-refractivity contribution in [3.05, 3.63) is 24.3 Å². The molecule has 0 aromatic carbocycles. The van der Waals surface area contributed by atoms with Gasteiger partial charge in [-0.05, 0) is 62.7 Å². The molecule has 0 bridgehead atoms. The van der Waals surface area contributed by atoms with E-state index in [9.17, 15) is 20.3 Å². The lowest BCUT2D eigenvalue weighted by molar-refractivity contribution is -0.140. The number of rotatable bonds is 11. The summed E-state index contributed by atoms with van der Waals surface area (Å²) in [5.41, 5.74) is 0.0835. The highest BCUT2D eigenvalue weighted by molar-refractivity contribution is 5.69. The van der Waals surface area contributed by atoms with E-state index in [2.05, 4.69) is 23.8 Å². The summed E-state index contributed by atoms with van der Waals surface area (Å²) in [5, 5.41) is 30.6. The average Bonchev–Trinajstić information content (AvgIpc) is 2.98. The summed E-state index contributed by atoms with van der Waals surface area (Å²) in [5.74, 6) is -0.312. The minimum absolute atomic E-state index is 0.0504. The number of nitriles is 1. The Bertz CT molecular complexity index is 611. The quantitative estimate of drug-likeness (QED) is 0.305. The number of unbranched alkanes of at least 4 members (excludes halogenated alkanes) is 1. The van der Waals surface area contributed by atoms with E-state index in [-0.39, 0.29) is 35.2 Å². The number of ether oxygens (including phenoxy) is 1. The molecule has 0 spiro atoms. The van der Waals surface area contributed by atoms with Crippen LogP contribution in [0.15, 0.2) is 24.3 Å². The van der Waals surface area contributed by atoms with Crippen LogP contribution in [-0.2, 0) is 9.53 Å². The largest absolute Gasteiger partial charge is 0.469 e. The van der Waals surface area contributed by atoms with Gasteiger partial charge in [0.2, 0.25) is 0 Å². The second kappa shape index (κ2) is 11.5. The number of nitrogens with zero attached hydrogens (tertiary/aromatic N) is 1. The lowest BCUT2D eigenvalue weighted by Crippen LogP contribution is -2.40. The molecule has 2 aliphatic rings. The van der Waals surface area contributed by atoms with Crippen LogP contribution in [0.1, 0.15) is 71.1 Å². The van der Waals surface area contributed by atoms with Gasteiger partial charge in [-0.2, -0.15) is 5.26 Å². The standard InChI is InChI=1S/C24H37NO4/c1-3-24(14-9-15-24)22(27)12-8-11-20-19(18(17-25)16-21(20)26)10-6-4-5-7-13-23(28)29-2/h4,6,8,11,18-22,26-27H,3,5,7,9-10,12-16H2,1-2H3/b6-4-,11-8+/t18?,19-,20?,21+,22?/m0/s1. The number of methoxy groups -OCH3 is 1. The van der Waals surface area contributed by atoms with E-state index in [1.54, 1.807) is 0 Å². The van der Waals surface area contributed by atoms with Crippen LogP contribution >= 0.6 is 0 Å². The highest BCUT2D eigenvalue weighted by Crippen LogP contribution is 2.48.